The number of hydrogen-bond donors (Lipinski definition) is 0. The Bertz CT molecular complexity index is 644. The van der Waals surface area contributed by atoms with Crippen LogP contribution in [-0.2, 0) is 6.42 Å². The number of rotatable bonds is 4. The zero-order valence-electron chi connectivity index (χ0n) is 11.0. The first-order valence-electron chi connectivity index (χ1n) is 6.12. The minimum atomic E-state index is -1.54. The molecule has 7 heteroatoms. The van der Waals surface area contributed by atoms with Gasteiger partial charge in [-0.3, -0.25) is 4.79 Å². The lowest BCUT2D eigenvalue weighted by atomic mass is 10.1. The highest BCUT2D eigenvalue weighted by atomic mass is 19.2. The molecular formula is C13H12F3N3O. The lowest BCUT2D eigenvalue weighted by Crippen LogP contribution is -2.07. The third kappa shape index (κ3) is 2.31. The van der Waals surface area contributed by atoms with Gasteiger partial charge in [0.2, 0.25) is 0 Å². The fourth-order valence-electron chi connectivity index (χ4n) is 1.87. The molecule has 0 spiro atoms. The molecule has 2 aromatic rings. The standard InChI is InChI=1S/C13H12F3N3O/c1-3-10-13(11(20)4-2)17-18-19(10)7-5-8(14)12(16)9(15)6-7/h5-6H,3-4H2,1-2H3. The molecule has 0 amide bonds. The molecule has 1 heterocycles. The second kappa shape index (κ2) is 5.44. The Morgan fingerprint density at radius 3 is 2.30 bits per heavy atom. The van der Waals surface area contributed by atoms with E-state index in [1.54, 1.807) is 13.8 Å². The Morgan fingerprint density at radius 1 is 1.20 bits per heavy atom. The molecule has 1 aromatic heterocycles. The molecule has 0 fully saturated rings. The van der Waals surface area contributed by atoms with Crippen molar-refractivity contribution in [3.05, 3.63) is 41.0 Å². The smallest absolute Gasteiger partial charge is 0.194 e. The van der Waals surface area contributed by atoms with Crippen molar-refractivity contribution in [3.63, 3.8) is 0 Å². The van der Waals surface area contributed by atoms with E-state index in [1.165, 1.54) is 0 Å². The molecule has 0 unspecified atom stereocenters. The molecule has 0 bridgehead atoms. The van der Waals surface area contributed by atoms with Crippen LogP contribution in [-0.4, -0.2) is 20.8 Å². The van der Waals surface area contributed by atoms with E-state index in [-0.39, 0.29) is 23.6 Å². The first-order valence-corrected chi connectivity index (χ1v) is 6.12. The fourth-order valence-corrected chi connectivity index (χ4v) is 1.87. The summed E-state index contributed by atoms with van der Waals surface area (Å²) in [6.45, 7) is 3.44. The number of carbonyl (C=O) groups excluding carboxylic acids is 1. The van der Waals surface area contributed by atoms with Gasteiger partial charge in [-0.1, -0.05) is 19.1 Å². The van der Waals surface area contributed by atoms with Crippen molar-refractivity contribution >= 4 is 5.78 Å². The summed E-state index contributed by atoms with van der Waals surface area (Å²) < 4.78 is 40.6. The Hall–Kier alpha value is -2.18. The van der Waals surface area contributed by atoms with Crippen molar-refractivity contribution < 1.29 is 18.0 Å². The van der Waals surface area contributed by atoms with E-state index in [4.69, 9.17) is 0 Å². The highest BCUT2D eigenvalue weighted by Crippen LogP contribution is 2.19. The van der Waals surface area contributed by atoms with E-state index in [0.717, 1.165) is 16.8 Å². The van der Waals surface area contributed by atoms with Gasteiger partial charge >= 0.3 is 0 Å². The minimum Gasteiger partial charge on any atom is -0.292 e. The summed E-state index contributed by atoms with van der Waals surface area (Å²) in [6, 6.07) is 1.62. The van der Waals surface area contributed by atoms with Crippen LogP contribution in [0.1, 0.15) is 36.5 Å². The third-order valence-electron chi connectivity index (χ3n) is 2.90. The molecular weight excluding hydrogens is 271 g/mol. The highest BCUT2D eigenvalue weighted by molar-refractivity contribution is 5.95. The zero-order chi connectivity index (χ0) is 14.9. The molecule has 0 aliphatic heterocycles. The van der Waals surface area contributed by atoms with Crippen molar-refractivity contribution in [1.29, 1.82) is 0 Å². The SMILES string of the molecule is CCC(=O)c1nnn(-c2cc(F)c(F)c(F)c2)c1CC. The largest absolute Gasteiger partial charge is 0.292 e. The van der Waals surface area contributed by atoms with Gasteiger partial charge in [0.1, 0.15) is 0 Å². The van der Waals surface area contributed by atoms with Crippen LogP contribution in [0.3, 0.4) is 0 Å². The van der Waals surface area contributed by atoms with E-state index in [1.807, 2.05) is 0 Å². The van der Waals surface area contributed by atoms with Gasteiger partial charge < -0.3 is 0 Å². The van der Waals surface area contributed by atoms with Crippen LogP contribution in [0.4, 0.5) is 13.2 Å². The maximum Gasteiger partial charge on any atom is 0.194 e. The molecule has 0 saturated heterocycles. The molecule has 0 aliphatic rings. The first-order chi connectivity index (χ1) is 9.49. The number of ketones is 1. The number of halogens is 3. The Labute approximate surface area is 113 Å². The molecule has 0 N–H and O–H groups in total. The summed E-state index contributed by atoms with van der Waals surface area (Å²) in [6.07, 6.45) is 0.645. The van der Waals surface area contributed by atoms with Crippen LogP contribution >= 0.6 is 0 Å². The van der Waals surface area contributed by atoms with Crippen molar-refractivity contribution in [2.75, 3.05) is 0 Å². The average molecular weight is 283 g/mol. The maximum atomic E-state index is 13.2. The van der Waals surface area contributed by atoms with Crippen molar-refractivity contribution in [3.8, 4) is 5.69 Å². The van der Waals surface area contributed by atoms with E-state index < -0.39 is 17.5 Å². The van der Waals surface area contributed by atoms with Gasteiger partial charge in [-0.15, -0.1) is 5.10 Å². The zero-order valence-corrected chi connectivity index (χ0v) is 11.0. The van der Waals surface area contributed by atoms with Crippen molar-refractivity contribution in [2.45, 2.75) is 26.7 Å². The molecule has 0 aliphatic carbocycles. The maximum absolute atomic E-state index is 13.2. The molecule has 106 valence electrons. The second-order valence-corrected chi connectivity index (χ2v) is 4.15. The van der Waals surface area contributed by atoms with Gasteiger partial charge in [-0.05, 0) is 6.42 Å². The average Bonchev–Trinajstić information content (AvgIpc) is 2.87. The predicted octanol–water partition coefficient (Wildman–Crippen LogP) is 2.84. The van der Waals surface area contributed by atoms with Crippen molar-refractivity contribution in [2.24, 2.45) is 0 Å². The van der Waals surface area contributed by atoms with Crippen LogP contribution in [0.2, 0.25) is 0 Å². The Balaban J connectivity index is 2.59. The van der Waals surface area contributed by atoms with Crippen LogP contribution < -0.4 is 0 Å². The van der Waals surface area contributed by atoms with Crippen LogP contribution in [0.15, 0.2) is 12.1 Å². The van der Waals surface area contributed by atoms with Gasteiger partial charge in [0.15, 0.2) is 28.9 Å². The molecule has 4 nitrogen and oxygen atoms in total. The number of nitrogens with zero attached hydrogens (tertiary/aromatic N) is 3. The Morgan fingerprint density at radius 2 is 1.80 bits per heavy atom. The Kier molecular flexibility index (Phi) is 3.87. The number of carbonyl (C=O) groups is 1. The molecule has 20 heavy (non-hydrogen) atoms. The summed E-state index contributed by atoms with van der Waals surface area (Å²) in [4.78, 5) is 11.7. The summed E-state index contributed by atoms with van der Waals surface area (Å²) in [5.74, 6) is -4.39. The van der Waals surface area contributed by atoms with Crippen molar-refractivity contribution in [1.82, 2.24) is 15.0 Å². The van der Waals surface area contributed by atoms with E-state index in [9.17, 15) is 18.0 Å². The monoisotopic (exact) mass is 283 g/mol. The quantitative estimate of drug-likeness (QED) is 0.640. The van der Waals surface area contributed by atoms with Gasteiger partial charge in [0.25, 0.3) is 0 Å². The van der Waals surface area contributed by atoms with Crippen LogP contribution in [0.5, 0.6) is 0 Å². The fraction of sp³-hybridized carbons (Fsp3) is 0.308. The third-order valence-corrected chi connectivity index (χ3v) is 2.90. The first kappa shape index (κ1) is 14.2. The molecule has 1 aromatic carbocycles. The van der Waals surface area contributed by atoms with Gasteiger partial charge in [0.05, 0.1) is 11.4 Å². The van der Waals surface area contributed by atoms with Gasteiger partial charge in [-0.25, -0.2) is 17.9 Å². The molecule has 2 rings (SSSR count). The van der Waals surface area contributed by atoms with E-state index in [2.05, 4.69) is 10.3 Å². The van der Waals surface area contributed by atoms with Crippen LogP contribution in [0.25, 0.3) is 5.69 Å². The number of hydrogen-bond acceptors (Lipinski definition) is 3. The highest BCUT2D eigenvalue weighted by Gasteiger charge is 2.20. The summed E-state index contributed by atoms with van der Waals surface area (Å²) >= 11 is 0. The normalized spacial score (nSPS) is 10.8. The van der Waals surface area contributed by atoms with Crippen LogP contribution in [0, 0.1) is 17.5 Å². The second-order valence-electron chi connectivity index (χ2n) is 4.15. The lowest BCUT2D eigenvalue weighted by molar-refractivity contribution is 0.0982. The van der Waals surface area contributed by atoms with E-state index in [0.29, 0.717) is 12.1 Å². The van der Waals surface area contributed by atoms with E-state index >= 15 is 0 Å². The minimum absolute atomic E-state index is 0.0131. The molecule has 0 atom stereocenters. The number of benzene rings is 1. The summed E-state index contributed by atoms with van der Waals surface area (Å²) in [5.41, 5.74) is 0.586. The lowest BCUT2D eigenvalue weighted by Gasteiger charge is -2.06. The topological polar surface area (TPSA) is 47.8 Å². The summed E-state index contributed by atoms with van der Waals surface area (Å²) in [5, 5.41) is 7.47. The number of aromatic nitrogens is 3. The predicted molar refractivity (Wildman–Crippen MR) is 65.2 cm³/mol. The number of Topliss-reactive ketones (excluding diaryl/α,β-unsaturated/α-hetero) is 1. The van der Waals surface area contributed by atoms with Gasteiger partial charge in [-0.2, -0.15) is 0 Å². The molecule has 0 radical (unpaired) electrons. The molecule has 0 saturated carbocycles. The van der Waals surface area contributed by atoms with Gasteiger partial charge in [0, 0.05) is 18.6 Å². The summed E-state index contributed by atoms with van der Waals surface area (Å²) in [7, 11) is 0.